The third-order valence-electron chi connectivity index (χ3n) is 8.96. The van der Waals surface area contributed by atoms with E-state index < -0.39 is 103 Å². The monoisotopic (exact) mass is 699 g/mol. The Morgan fingerprint density at radius 1 is 0.860 bits per heavy atom. The van der Waals surface area contributed by atoms with E-state index in [1.165, 1.54) is 24.3 Å². The molecule has 0 spiro atoms. The van der Waals surface area contributed by atoms with Gasteiger partial charge in [0.05, 0.1) is 13.2 Å². The fourth-order valence-electron chi connectivity index (χ4n) is 6.45. The quantitative estimate of drug-likeness (QED) is 0.109. The van der Waals surface area contributed by atoms with Crippen molar-refractivity contribution in [3.63, 3.8) is 0 Å². The Kier molecular flexibility index (Phi) is 9.81. The molecule has 50 heavy (non-hydrogen) atoms. The van der Waals surface area contributed by atoms with Crippen LogP contribution in [0.15, 0.2) is 36.4 Å². The third-order valence-corrected chi connectivity index (χ3v) is 8.96. The van der Waals surface area contributed by atoms with Gasteiger partial charge in [0.15, 0.2) is 23.3 Å². The van der Waals surface area contributed by atoms with Crippen molar-refractivity contribution < 1.29 is 60.5 Å². The van der Waals surface area contributed by atoms with Crippen LogP contribution in [0.2, 0.25) is 0 Å². The number of likely N-dealkylation sites (tertiary alicyclic amines) is 1. The van der Waals surface area contributed by atoms with E-state index in [1.54, 1.807) is 12.1 Å². The van der Waals surface area contributed by atoms with E-state index in [0.29, 0.717) is 22.1 Å². The second kappa shape index (κ2) is 13.9. The van der Waals surface area contributed by atoms with Gasteiger partial charge in [-0.2, -0.15) is 0 Å². The van der Waals surface area contributed by atoms with Crippen LogP contribution in [0, 0.1) is 29.1 Å². The van der Waals surface area contributed by atoms with Crippen LogP contribution in [0.1, 0.15) is 57.2 Å². The van der Waals surface area contributed by atoms with E-state index >= 15 is 0 Å². The predicted molar refractivity (Wildman–Crippen MR) is 166 cm³/mol. The zero-order valence-electron chi connectivity index (χ0n) is 26.3. The summed E-state index contributed by atoms with van der Waals surface area (Å²) in [4.78, 5) is 54.2. The van der Waals surface area contributed by atoms with Crippen LogP contribution in [0.25, 0.3) is 0 Å². The van der Waals surface area contributed by atoms with Gasteiger partial charge < -0.3 is 34.9 Å². The van der Waals surface area contributed by atoms with Crippen LogP contribution in [0.4, 0.5) is 22.0 Å². The number of rotatable bonds is 9. The molecule has 0 bridgehead atoms. The highest BCUT2D eigenvalue weighted by Gasteiger charge is 2.42. The summed E-state index contributed by atoms with van der Waals surface area (Å²) in [7, 11) is -2.50. The number of amides is 3. The zero-order valence-corrected chi connectivity index (χ0v) is 26.3. The molecule has 11 nitrogen and oxygen atoms in total. The number of carbonyl (C=O) groups excluding carboxylic acids is 4. The number of nitrogens with one attached hydrogen (secondary N) is 2. The number of fused-ring (bicyclic) bond motifs is 2. The summed E-state index contributed by atoms with van der Waals surface area (Å²) in [5.41, 5.74) is 1.07. The number of carbonyl (C=O) groups is 4. The molecule has 1 saturated heterocycles. The topological polar surface area (TPSA) is 154 Å². The molecular formula is C32H28B2F5N3O8. The van der Waals surface area contributed by atoms with Crippen molar-refractivity contribution >= 4 is 48.7 Å². The summed E-state index contributed by atoms with van der Waals surface area (Å²) in [6.45, 7) is 1.17. The van der Waals surface area contributed by atoms with Gasteiger partial charge in [0.25, 0.3) is 11.8 Å². The van der Waals surface area contributed by atoms with Gasteiger partial charge in [-0.05, 0) is 66.1 Å². The standard InChI is InChI=1S/C32H28B2F5N3O8/c1-14(43)6-19(9-21-25(35)27(37)29(39)28(38)26(21)36)40-31(45)24-10-20(41-30(44)15-2-4-17-12-49-33(47)22(17)7-15)11-42(24)32(46)16-3-5-18-13-50-34(48)23(18)8-16/h2-5,7-8,19-20,24,47-48H,6,9-13H2,1H3,(H,40,45)(H,41,44)/t19-,20?,24-/m0/s1. The summed E-state index contributed by atoms with van der Waals surface area (Å²) < 4.78 is 81.1. The fraction of sp³-hybridized carbons (Fsp3) is 0.312. The van der Waals surface area contributed by atoms with Crippen molar-refractivity contribution in [2.45, 2.75) is 57.5 Å². The van der Waals surface area contributed by atoms with Crippen LogP contribution in [0.5, 0.6) is 0 Å². The lowest BCUT2D eigenvalue weighted by molar-refractivity contribution is -0.126. The van der Waals surface area contributed by atoms with Crippen LogP contribution in [-0.2, 0) is 38.5 Å². The fourth-order valence-corrected chi connectivity index (χ4v) is 6.45. The highest BCUT2D eigenvalue weighted by Crippen LogP contribution is 2.26. The minimum atomic E-state index is -2.36. The molecule has 0 saturated carbocycles. The summed E-state index contributed by atoms with van der Waals surface area (Å²) in [5.74, 6) is -13.7. The number of halogens is 5. The smallest absolute Gasteiger partial charge is 0.423 e. The summed E-state index contributed by atoms with van der Waals surface area (Å²) in [6, 6.07) is 5.39. The maximum absolute atomic E-state index is 14.6. The van der Waals surface area contributed by atoms with Gasteiger partial charge in [0.1, 0.15) is 11.8 Å². The van der Waals surface area contributed by atoms with E-state index in [1.807, 2.05) is 0 Å². The number of nitrogens with zero attached hydrogens (tertiary/aromatic N) is 1. The first-order valence-electron chi connectivity index (χ1n) is 15.5. The molecule has 4 N–H and O–H groups in total. The van der Waals surface area contributed by atoms with E-state index in [4.69, 9.17) is 9.31 Å². The van der Waals surface area contributed by atoms with Crippen molar-refractivity contribution in [2.75, 3.05) is 6.54 Å². The number of ketones is 1. The molecule has 3 aromatic carbocycles. The molecule has 1 fully saturated rings. The molecule has 18 heteroatoms. The molecule has 0 aliphatic carbocycles. The van der Waals surface area contributed by atoms with Gasteiger partial charge in [-0.15, -0.1) is 0 Å². The molecule has 1 unspecified atom stereocenters. The van der Waals surface area contributed by atoms with Crippen molar-refractivity contribution in [2.24, 2.45) is 0 Å². The van der Waals surface area contributed by atoms with Crippen LogP contribution < -0.4 is 21.6 Å². The minimum Gasteiger partial charge on any atom is -0.423 e. The van der Waals surface area contributed by atoms with Crippen molar-refractivity contribution in [3.05, 3.63) is 93.3 Å². The van der Waals surface area contributed by atoms with E-state index in [2.05, 4.69) is 10.6 Å². The average Bonchev–Trinajstić information content (AvgIpc) is 3.80. The Morgan fingerprint density at radius 3 is 1.98 bits per heavy atom. The highest BCUT2D eigenvalue weighted by atomic mass is 19.2. The Labute approximate surface area is 282 Å². The van der Waals surface area contributed by atoms with Gasteiger partial charge in [-0.3, -0.25) is 19.2 Å². The SMILES string of the molecule is CC(=O)C[C@@H](Cc1c(F)c(F)c(F)c(F)c1F)NC(=O)[C@@H]1CC(NC(=O)c2ccc3c(c2)B(O)OC3)CN1C(=O)c1ccc2c(c1)B(O)OC2. The first-order valence-corrected chi connectivity index (χ1v) is 15.5. The van der Waals surface area contributed by atoms with Crippen molar-refractivity contribution in [3.8, 4) is 0 Å². The minimum absolute atomic E-state index is 0.0624. The van der Waals surface area contributed by atoms with E-state index in [0.717, 1.165) is 11.8 Å². The molecule has 3 amide bonds. The lowest BCUT2D eigenvalue weighted by Crippen LogP contribution is -2.50. The average molecular weight is 699 g/mol. The Morgan fingerprint density at radius 2 is 1.40 bits per heavy atom. The van der Waals surface area contributed by atoms with Crippen molar-refractivity contribution in [1.29, 1.82) is 0 Å². The molecule has 3 heterocycles. The van der Waals surface area contributed by atoms with Gasteiger partial charge >= 0.3 is 14.2 Å². The predicted octanol–water partition coefficient (Wildman–Crippen LogP) is 0.537. The number of hydrogen-bond acceptors (Lipinski definition) is 8. The maximum atomic E-state index is 14.6. The maximum Gasteiger partial charge on any atom is 0.491 e. The molecule has 3 atom stereocenters. The molecule has 0 radical (unpaired) electrons. The molecule has 260 valence electrons. The second-order valence-electron chi connectivity index (χ2n) is 12.4. The largest absolute Gasteiger partial charge is 0.491 e. The molecule has 3 aliphatic heterocycles. The van der Waals surface area contributed by atoms with Gasteiger partial charge in [-0.25, -0.2) is 22.0 Å². The highest BCUT2D eigenvalue weighted by molar-refractivity contribution is 6.62. The van der Waals surface area contributed by atoms with Gasteiger partial charge in [0, 0.05) is 41.7 Å². The Balaban J connectivity index is 1.27. The molecule has 3 aliphatic rings. The van der Waals surface area contributed by atoms with Crippen LogP contribution in [-0.4, -0.2) is 77.4 Å². The number of Topliss-reactive ketones (excluding diaryl/α,β-unsaturated/α-hetero) is 1. The summed E-state index contributed by atoms with van der Waals surface area (Å²) in [6.07, 6.45) is -1.68. The third kappa shape index (κ3) is 6.75. The Bertz CT molecular complexity index is 1890. The first kappa shape index (κ1) is 35.2. The van der Waals surface area contributed by atoms with Crippen LogP contribution in [0.3, 0.4) is 0 Å². The number of hydrogen-bond donors (Lipinski definition) is 4. The van der Waals surface area contributed by atoms with E-state index in [9.17, 15) is 51.2 Å². The lowest BCUT2D eigenvalue weighted by Gasteiger charge is -2.27. The summed E-state index contributed by atoms with van der Waals surface area (Å²) >= 11 is 0. The number of benzene rings is 3. The van der Waals surface area contributed by atoms with Crippen molar-refractivity contribution in [1.82, 2.24) is 15.5 Å². The van der Waals surface area contributed by atoms with Gasteiger partial charge in [0.2, 0.25) is 11.7 Å². The molecule has 0 aromatic heterocycles. The van der Waals surface area contributed by atoms with Crippen LogP contribution >= 0.6 is 0 Å². The normalized spacial score (nSPS) is 18.6. The van der Waals surface area contributed by atoms with Gasteiger partial charge in [-0.1, -0.05) is 12.1 Å². The Hall–Kier alpha value is -4.64. The zero-order chi connectivity index (χ0) is 36.0. The summed E-state index contributed by atoms with van der Waals surface area (Å²) in [5, 5.41) is 25.4. The first-order chi connectivity index (χ1) is 23.7. The lowest BCUT2D eigenvalue weighted by atomic mass is 9.78. The molecule has 6 rings (SSSR count). The molecular weight excluding hydrogens is 671 g/mol. The van der Waals surface area contributed by atoms with E-state index in [-0.39, 0.29) is 37.3 Å². The second-order valence-corrected chi connectivity index (χ2v) is 12.4. The molecule has 3 aromatic rings.